The Morgan fingerprint density at radius 3 is 2.96 bits per heavy atom. The Bertz CT molecular complexity index is 1030. The summed E-state index contributed by atoms with van der Waals surface area (Å²) in [5.41, 5.74) is 2.86. The van der Waals surface area contributed by atoms with Gasteiger partial charge in [0.05, 0.1) is 12.1 Å². The maximum Gasteiger partial charge on any atom is 0.257 e. The molecule has 0 atom stereocenters. The highest BCUT2D eigenvalue weighted by Gasteiger charge is 2.27. The molecule has 8 heteroatoms. The van der Waals surface area contributed by atoms with Gasteiger partial charge >= 0.3 is 0 Å². The molecular formula is C19H16F2N4O2. The van der Waals surface area contributed by atoms with Crippen molar-refractivity contribution in [3.8, 4) is 0 Å². The lowest BCUT2D eigenvalue weighted by Gasteiger charge is -2.29. The third-order valence-electron chi connectivity index (χ3n) is 4.55. The van der Waals surface area contributed by atoms with Crippen molar-refractivity contribution in [3.05, 3.63) is 53.9 Å². The predicted octanol–water partition coefficient (Wildman–Crippen LogP) is 3.36. The Morgan fingerprint density at radius 1 is 1.30 bits per heavy atom. The average molecular weight is 370 g/mol. The Balaban J connectivity index is 1.59. The van der Waals surface area contributed by atoms with Crippen molar-refractivity contribution in [1.29, 1.82) is 0 Å². The third-order valence-corrected chi connectivity index (χ3v) is 4.55. The van der Waals surface area contributed by atoms with Crippen molar-refractivity contribution in [2.75, 3.05) is 16.8 Å². The van der Waals surface area contributed by atoms with E-state index >= 15 is 0 Å². The fraction of sp³-hybridized carbons (Fsp3) is 0.211. The van der Waals surface area contributed by atoms with Crippen LogP contribution in [0.25, 0.3) is 11.0 Å². The maximum atomic E-state index is 12.8. The van der Waals surface area contributed by atoms with Gasteiger partial charge in [0, 0.05) is 35.6 Å². The van der Waals surface area contributed by atoms with Crippen LogP contribution in [0.15, 0.2) is 42.7 Å². The lowest BCUT2D eigenvalue weighted by atomic mass is 10.0. The van der Waals surface area contributed by atoms with E-state index in [1.807, 2.05) is 0 Å². The van der Waals surface area contributed by atoms with Gasteiger partial charge in [0.25, 0.3) is 12.3 Å². The van der Waals surface area contributed by atoms with Crippen molar-refractivity contribution in [1.82, 2.24) is 9.97 Å². The van der Waals surface area contributed by atoms with E-state index in [1.165, 1.54) is 0 Å². The number of carbonyl (C=O) groups is 2. The van der Waals surface area contributed by atoms with Crippen molar-refractivity contribution in [3.63, 3.8) is 0 Å². The topological polar surface area (TPSA) is 78.1 Å². The van der Waals surface area contributed by atoms with E-state index in [1.54, 1.807) is 42.7 Å². The van der Waals surface area contributed by atoms with E-state index in [4.69, 9.17) is 0 Å². The number of pyridine rings is 1. The van der Waals surface area contributed by atoms with Crippen LogP contribution in [0, 0.1) is 0 Å². The number of rotatable bonds is 4. The second-order valence-corrected chi connectivity index (χ2v) is 6.29. The molecule has 6 nitrogen and oxygen atoms in total. The van der Waals surface area contributed by atoms with E-state index in [0.29, 0.717) is 34.4 Å². The van der Waals surface area contributed by atoms with Crippen LogP contribution in [0.3, 0.4) is 0 Å². The quantitative estimate of drug-likeness (QED) is 0.739. The number of aromatic amines is 1. The number of halogens is 2. The third kappa shape index (κ3) is 3.25. The van der Waals surface area contributed by atoms with Crippen LogP contribution < -0.4 is 10.2 Å². The number of carbonyl (C=O) groups excluding carboxylic acids is 2. The summed E-state index contributed by atoms with van der Waals surface area (Å²) in [6.07, 6.45) is 1.25. The van der Waals surface area contributed by atoms with Crippen LogP contribution in [0.2, 0.25) is 0 Å². The SMILES string of the molecule is O=C(Nc1ccc2c(c1)CCC(=O)N2CC(F)F)c1c[nH]c2ncccc12. The molecule has 138 valence electrons. The molecule has 0 fully saturated rings. The number of hydrogen-bond donors (Lipinski definition) is 2. The van der Waals surface area contributed by atoms with Gasteiger partial charge in [-0.15, -0.1) is 0 Å². The minimum atomic E-state index is -2.60. The highest BCUT2D eigenvalue weighted by molar-refractivity contribution is 6.12. The fourth-order valence-corrected chi connectivity index (χ4v) is 3.32. The highest BCUT2D eigenvalue weighted by atomic mass is 19.3. The maximum absolute atomic E-state index is 12.8. The molecule has 0 aliphatic carbocycles. The summed E-state index contributed by atoms with van der Waals surface area (Å²) >= 11 is 0. The molecule has 3 heterocycles. The number of nitrogens with one attached hydrogen (secondary N) is 2. The second kappa shape index (κ2) is 6.79. The highest BCUT2D eigenvalue weighted by Crippen LogP contribution is 2.31. The van der Waals surface area contributed by atoms with Gasteiger partial charge in [0.15, 0.2) is 0 Å². The lowest BCUT2D eigenvalue weighted by Crippen LogP contribution is -2.38. The van der Waals surface area contributed by atoms with Gasteiger partial charge in [-0.25, -0.2) is 13.8 Å². The molecular weight excluding hydrogens is 354 g/mol. The van der Waals surface area contributed by atoms with Crippen LogP contribution in [0.4, 0.5) is 20.2 Å². The second-order valence-electron chi connectivity index (χ2n) is 6.29. The van der Waals surface area contributed by atoms with Gasteiger partial charge in [-0.3, -0.25) is 9.59 Å². The Hall–Kier alpha value is -3.29. The van der Waals surface area contributed by atoms with Crippen LogP contribution in [0.5, 0.6) is 0 Å². The largest absolute Gasteiger partial charge is 0.345 e. The fourth-order valence-electron chi connectivity index (χ4n) is 3.32. The number of nitrogens with zero attached hydrogens (tertiary/aromatic N) is 2. The van der Waals surface area contributed by atoms with E-state index in [0.717, 1.165) is 10.5 Å². The number of H-pyrrole nitrogens is 1. The number of fused-ring (bicyclic) bond motifs is 2. The minimum absolute atomic E-state index is 0.172. The predicted molar refractivity (Wildman–Crippen MR) is 97.2 cm³/mol. The van der Waals surface area contributed by atoms with Gasteiger partial charge in [0.2, 0.25) is 5.91 Å². The van der Waals surface area contributed by atoms with Crippen LogP contribution in [-0.4, -0.2) is 34.8 Å². The first-order valence-corrected chi connectivity index (χ1v) is 8.48. The minimum Gasteiger partial charge on any atom is -0.345 e. The molecule has 0 spiro atoms. The molecule has 0 radical (unpaired) electrons. The molecule has 1 aromatic carbocycles. The Morgan fingerprint density at radius 2 is 2.15 bits per heavy atom. The summed E-state index contributed by atoms with van der Waals surface area (Å²) in [6.45, 7) is -0.625. The van der Waals surface area contributed by atoms with Crippen LogP contribution >= 0.6 is 0 Å². The Kier molecular flexibility index (Phi) is 4.31. The summed E-state index contributed by atoms with van der Waals surface area (Å²) in [5.74, 6) is -0.614. The monoisotopic (exact) mass is 370 g/mol. The lowest BCUT2D eigenvalue weighted by molar-refractivity contribution is -0.119. The van der Waals surface area contributed by atoms with Crippen molar-refractivity contribution in [2.45, 2.75) is 19.3 Å². The summed E-state index contributed by atoms with van der Waals surface area (Å²) in [4.78, 5) is 32.8. The molecule has 1 aliphatic heterocycles. The van der Waals surface area contributed by atoms with E-state index in [9.17, 15) is 18.4 Å². The molecule has 2 N–H and O–H groups in total. The summed E-state index contributed by atoms with van der Waals surface area (Å²) < 4.78 is 25.5. The van der Waals surface area contributed by atoms with Crippen molar-refractivity contribution < 1.29 is 18.4 Å². The first-order chi connectivity index (χ1) is 13.0. The molecule has 1 aliphatic rings. The number of benzene rings is 1. The number of alkyl halides is 2. The van der Waals surface area contributed by atoms with E-state index < -0.39 is 13.0 Å². The zero-order valence-electron chi connectivity index (χ0n) is 14.2. The first-order valence-electron chi connectivity index (χ1n) is 8.48. The zero-order valence-corrected chi connectivity index (χ0v) is 14.2. The molecule has 3 aromatic rings. The molecule has 0 saturated heterocycles. The summed E-state index contributed by atoms with van der Waals surface area (Å²) in [5, 5.41) is 3.52. The summed E-state index contributed by atoms with van der Waals surface area (Å²) in [6, 6.07) is 8.49. The number of aromatic nitrogens is 2. The molecule has 2 amide bonds. The number of aryl methyl sites for hydroxylation is 1. The van der Waals surface area contributed by atoms with Gasteiger partial charge in [-0.05, 0) is 42.3 Å². The Labute approximate surface area is 153 Å². The summed E-state index contributed by atoms with van der Waals surface area (Å²) in [7, 11) is 0. The van der Waals surface area contributed by atoms with Crippen molar-refractivity contribution in [2.24, 2.45) is 0 Å². The van der Waals surface area contributed by atoms with E-state index in [-0.39, 0.29) is 18.2 Å². The van der Waals surface area contributed by atoms with Crippen molar-refractivity contribution >= 4 is 34.2 Å². The zero-order chi connectivity index (χ0) is 19.0. The smallest absolute Gasteiger partial charge is 0.257 e. The van der Waals surface area contributed by atoms with Crippen LogP contribution in [-0.2, 0) is 11.2 Å². The van der Waals surface area contributed by atoms with E-state index in [2.05, 4.69) is 15.3 Å². The standard InChI is InChI=1S/C19H16F2N4O2/c20-16(21)10-25-15-5-4-12(8-11(15)3-6-17(25)26)24-19(27)14-9-23-18-13(14)2-1-7-22-18/h1-2,4-5,7-9,16H,3,6,10H2,(H,22,23)(H,24,27). The molecule has 2 aromatic heterocycles. The molecule has 4 rings (SSSR count). The number of anilines is 2. The van der Waals surface area contributed by atoms with Crippen LogP contribution in [0.1, 0.15) is 22.3 Å². The molecule has 27 heavy (non-hydrogen) atoms. The number of hydrogen-bond acceptors (Lipinski definition) is 3. The normalized spacial score (nSPS) is 13.9. The molecule has 0 saturated carbocycles. The first kappa shape index (κ1) is 17.1. The van der Waals surface area contributed by atoms with Gasteiger partial charge < -0.3 is 15.2 Å². The molecule has 0 unspecified atom stereocenters. The molecule has 0 bridgehead atoms. The van der Waals surface area contributed by atoms with Gasteiger partial charge in [0.1, 0.15) is 5.65 Å². The van der Waals surface area contributed by atoms with Gasteiger partial charge in [-0.1, -0.05) is 0 Å². The van der Waals surface area contributed by atoms with Gasteiger partial charge in [-0.2, -0.15) is 0 Å². The average Bonchev–Trinajstić information content (AvgIpc) is 3.08. The number of amides is 2.